The Morgan fingerprint density at radius 2 is 1.85 bits per heavy atom. The van der Waals surface area contributed by atoms with Crippen molar-refractivity contribution in [3.63, 3.8) is 0 Å². The summed E-state index contributed by atoms with van der Waals surface area (Å²) in [4.78, 5) is 0. The third-order valence-corrected chi connectivity index (χ3v) is 1.90. The van der Waals surface area contributed by atoms with E-state index < -0.39 is 0 Å². The molecule has 0 heterocycles. The fourth-order valence-electron chi connectivity index (χ4n) is 1.08. The van der Waals surface area contributed by atoms with Crippen LogP contribution < -0.4 is 10.5 Å². The highest BCUT2D eigenvalue weighted by molar-refractivity contribution is 5.27. The second-order valence-electron chi connectivity index (χ2n) is 2.83. The molecule has 0 aliphatic rings. The van der Waals surface area contributed by atoms with Gasteiger partial charge in [0.05, 0.1) is 7.11 Å². The SMILES string of the molecule is COc1ccc(CC(N)OC)cc1. The van der Waals surface area contributed by atoms with Gasteiger partial charge in [0, 0.05) is 13.5 Å². The predicted molar refractivity (Wildman–Crippen MR) is 51.7 cm³/mol. The average molecular weight is 181 g/mol. The molecule has 1 atom stereocenters. The van der Waals surface area contributed by atoms with Crippen LogP contribution in [0.2, 0.25) is 0 Å². The monoisotopic (exact) mass is 181 g/mol. The van der Waals surface area contributed by atoms with Gasteiger partial charge in [0.2, 0.25) is 0 Å². The zero-order valence-electron chi connectivity index (χ0n) is 7.99. The van der Waals surface area contributed by atoms with Gasteiger partial charge in [-0.1, -0.05) is 12.1 Å². The van der Waals surface area contributed by atoms with Gasteiger partial charge in [-0.15, -0.1) is 0 Å². The van der Waals surface area contributed by atoms with Crippen molar-refractivity contribution in [3.8, 4) is 5.75 Å². The van der Waals surface area contributed by atoms with Crippen LogP contribution in [-0.2, 0) is 11.2 Å². The molecule has 0 aliphatic carbocycles. The molecular formula is C10H15NO2. The van der Waals surface area contributed by atoms with Gasteiger partial charge in [-0.2, -0.15) is 0 Å². The molecule has 1 aromatic rings. The Labute approximate surface area is 78.5 Å². The summed E-state index contributed by atoms with van der Waals surface area (Å²) < 4.78 is 10.00. The predicted octanol–water partition coefficient (Wildman–Crippen LogP) is 1.17. The molecule has 2 N–H and O–H groups in total. The lowest BCUT2D eigenvalue weighted by atomic mass is 10.1. The minimum atomic E-state index is -0.228. The van der Waals surface area contributed by atoms with Crippen LogP contribution in [0.3, 0.4) is 0 Å². The largest absolute Gasteiger partial charge is 0.497 e. The molecule has 0 radical (unpaired) electrons. The van der Waals surface area contributed by atoms with E-state index >= 15 is 0 Å². The fraction of sp³-hybridized carbons (Fsp3) is 0.400. The topological polar surface area (TPSA) is 44.5 Å². The molecule has 1 rings (SSSR count). The maximum absolute atomic E-state index is 5.62. The van der Waals surface area contributed by atoms with Gasteiger partial charge in [-0.05, 0) is 17.7 Å². The Balaban J connectivity index is 2.58. The van der Waals surface area contributed by atoms with E-state index in [2.05, 4.69) is 0 Å². The van der Waals surface area contributed by atoms with E-state index in [0.29, 0.717) is 0 Å². The lowest BCUT2D eigenvalue weighted by Gasteiger charge is -2.09. The standard InChI is InChI=1S/C10H15NO2/c1-12-9-5-3-8(4-6-9)7-10(11)13-2/h3-6,10H,7,11H2,1-2H3. The third kappa shape index (κ3) is 3.05. The van der Waals surface area contributed by atoms with Crippen LogP contribution in [-0.4, -0.2) is 20.4 Å². The van der Waals surface area contributed by atoms with Gasteiger partial charge in [0.15, 0.2) is 0 Å². The molecule has 72 valence electrons. The smallest absolute Gasteiger partial charge is 0.118 e. The summed E-state index contributed by atoms with van der Waals surface area (Å²) in [6.45, 7) is 0. The Morgan fingerprint density at radius 3 is 2.31 bits per heavy atom. The first-order chi connectivity index (χ1) is 6.26. The van der Waals surface area contributed by atoms with Crippen molar-refractivity contribution in [1.29, 1.82) is 0 Å². The number of nitrogens with two attached hydrogens (primary N) is 1. The van der Waals surface area contributed by atoms with Gasteiger partial charge in [-0.25, -0.2) is 0 Å². The van der Waals surface area contributed by atoms with Crippen molar-refractivity contribution in [3.05, 3.63) is 29.8 Å². The second-order valence-corrected chi connectivity index (χ2v) is 2.83. The lowest BCUT2D eigenvalue weighted by molar-refractivity contribution is 0.109. The zero-order chi connectivity index (χ0) is 9.68. The van der Waals surface area contributed by atoms with Gasteiger partial charge in [-0.3, -0.25) is 0 Å². The van der Waals surface area contributed by atoms with E-state index in [4.69, 9.17) is 15.2 Å². The van der Waals surface area contributed by atoms with Crippen molar-refractivity contribution in [2.24, 2.45) is 5.73 Å². The van der Waals surface area contributed by atoms with E-state index in [1.807, 2.05) is 24.3 Å². The van der Waals surface area contributed by atoms with Gasteiger partial charge in [0.1, 0.15) is 12.0 Å². The molecule has 0 aliphatic heterocycles. The Hall–Kier alpha value is -1.06. The average Bonchev–Trinajstić information content (AvgIpc) is 2.19. The van der Waals surface area contributed by atoms with Crippen molar-refractivity contribution >= 4 is 0 Å². The van der Waals surface area contributed by atoms with Crippen molar-refractivity contribution in [2.75, 3.05) is 14.2 Å². The molecule has 3 nitrogen and oxygen atoms in total. The first-order valence-corrected chi connectivity index (χ1v) is 4.17. The number of hydrogen-bond donors (Lipinski definition) is 1. The number of rotatable bonds is 4. The van der Waals surface area contributed by atoms with Crippen LogP contribution in [0.1, 0.15) is 5.56 Å². The Morgan fingerprint density at radius 1 is 1.23 bits per heavy atom. The summed E-state index contributed by atoms with van der Waals surface area (Å²) in [6, 6.07) is 7.80. The molecule has 1 unspecified atom stereocenters. The van der Waals surface area contributed by atoms with Gasteiger partial charge in [0.25, 0.3) is 0 Å². The Kier molecular flexibility index (Phi) is 3.73. The lowest BCUT2D eigenvalue weighted by Crippen LogP contribution is -2.24. The van der Waals surface area contributed by atoms with Crippen LogP contribution in [0.4, 0.5) is 0 Å². The summed E-state index contributed by atoms with van der Waals surface area (Å²) >= 11 is 0. The summed E-state index contributed by atoms with van der Waals surface area (Å²) in [6.07, 6.45) is 0.494. The first kappa shape index (κ1) is 10.0. The van der Waals surface area contributed by atoms with Crippen LogP contribution in [0.15, 0.2) is 24.3 Å². The summed E-state index contributed by atoms with van der Waals surface area (Å²) in [5, 5.41) is 0. The van der Waals surface area contributed by atoms with E-state index in [-0.39, 0.29) is 6.23 Å². The molecule has 0 amide bonds. The van der Waals surface area contributed by atoms with Crippen molar-refractivity contribution in [2.45, 2.75) is 12.6 Å². The maximum atomic E-state index is 5.62. The second kappa shape index (κ2) is 4.84. The highest BCUT2D eigenvalue weighted by Gasteiger charge is 2.01. The minimum Gasteiger partial charge on any atom is -0.497 e. The van der Waals surface area contributed by atoms with Crippen LogP contribution in [0, 0.1) is 0 Å². The minimum absolute atomic E-state index is 0.228. The van der Waals surface area contributed by atoms with Crippen molar-refractivity contribution in [1.82, 2.24) is 0 Å². The normalized spacial score (nSPS) is 12.5. The summed E-state index contributed by atoms with van der Waals surface area (Å²) in [7, 11) is 3.25. The third-order valence-electron chi connectivity index (χ3n) is 1.90. The number of methoxy groups -OCH3 is 2. The van der Waals surface area contributed by atoms with E-state index in [1.54, 1.807) is 14.2 Å². The molecule has 0 fully saturated rings. The molecular weight excluding hydrogens is 166 g/mol. The first-order valence-electron chi connectivity index (χ1n) is 4.17. The number of hydrogen-bond acceptors (Lipinski definition) is 3. The maximum Gasteiger partial charge on any atom is 0.118 e. The van der Waals surface area contributed by atoms with Crippen molar-refractivity contribution < 1.29 is 9.47 Å². The van der Waals surface area contributed by atoms with E-state index in [1.165, 1.54) is 0 Å². The van der Waals surface area contributed by atoms with Crippen LogP contribution >= 0.6 is 0 Å². The fourth-order valence-corrected chi connectivity index (χ4v) is 1.08. The number of benzene rings is 1. The zero-order valence-corrected chi connectivity index (χ0v) is 7.99. The highest BCUT2D eigenvalue weighted by Crippen LogP contribution is 2.12. The molecule has 0 saturated heterocycles. The van der Waals surface area contributed by atoms with Crippen LogP contribution in [0.5, 0.6) is 5.75 Å². The van der Waals surface area contributed by atoms with Crippen LogP contribution in [0.25, 0.3) is 0 Å². The van der Waals surface area contributed by atoms with E-state index in [9.17, 15) is 0 Å². The summed E-state index contributed by atoms with van der Waals surface area (Å²) in [5.74, 6) is 0.856. The molecule has 0 aromatic heterocycles. The van der Waals surface area contributed by atoms with Gasteiger partial charge < -0.3 is 15.2 Å². The molecule has 0 saturated carbocycles. The molecule has 0 bridgehead atoms. The summed E-state index contributed by atoms with van der Waals surface area (Å²) in [5.41, 5.74) is 6.77. The molecule has 13 heavy (non-hydrogen) atoms. The quantitative estimate of drug-likeness (QED) is 0.709. The molecule has 0 spiro atoms. The molecule has 3 heteroatoms. The van der Waals surface area contributed by atoms with Gasteiger partial charge >= 0.3 is 0 Å². The molecule has 1 aromatic carbocycles. The Bertz CT molecular complexity index is 246. The number of ether oxygens (including phenoxy) is 2. The highest BCUT2D eigenvalue weighted by atomic mass is 16.5. The van der Waals surface area contributed by atoms with E-state index in [0.717, 1.165) is 17.7 Å².